The van der Waals surface area contributed by atoms with Crippen molar-refractivity contribution in [3.63, 3.8) is 0 Å². The highest BCUT2D eigenvalue weighted by Gasteiger charge is 2.20. The van der Waals surface area contributed by atoms with Crippen molar-refractivity contribution in [1.29, 1.82) is 5.26 Å². The second-order valence-electron chi connectivity index (χ2n) is 6.43. The maximum absolute atomic E-state index is 12.7. The van der Waals surface area contributed by atoms with Crippen LogP contribution in [0.3, 0.4) is 0 Å². The highest BCUT2D eigenvalue weighted by atomic mass is 32.1. The summed E-state index contributed by atoms with van der Waals surface area (Å²) in [6, 6.07) is 9.73. The van der Waals surface area contributed by atoms with E-state index in [0.717, 1.165) is 21.7 Å². The lowest BCUT2D eigenvalue weighted by Gasteiger charge is -2.22. The number of thiazole rings is 1. The van der Waals surface area contributed by atoms with Crippen molar-refractivity contribution in [3.05, 3.63) is 57.2 Å². The van der Waals surface area contributed by atoms with E-state index in [9.17, 15) is 9.59 Å². The first-order chi connectivity index (χ1) is 14.0. The Morgan fingerprint density at radius 1 is 1.21 bits per heavy atom. The Kier molecular flexibility index (Phi) is 6.75. The molecule has 0 spiro atoms. The van der Waals surface area contributed by atoms with Gasteiger partial charge in [0.05, 0.1) is 12.5 Å². The number of ether oxygens (including phenoxy) is 1. The van der Waals surface area contributed by atoms with Gasteiger partial charge in [0, 0.05) is 28.6 Å². The summed E-state index contributed by atoms with van der Waals surface area (Å²) < 4.78 is 5.20. The van der Waals surface area contributed by atoms with Crippen LogP contribution in [0.15, 0.2) is 40.4 Å². The fourth-order valence-corrected chi connectivity index (χ4v) is 4.33. The number of aryl methyl sites for hydroxylation is 2. The third-order valence-corrected chi connectivity index (χ3v) is 5.65. The highest BCUT2D eigenvalue weighted by molar-refractivity contribution is 7.14. The van der Waals surface area contributed by atoms with Crippen molar-refractivity contribution in [1.82, 2.24) is 4.98 Å². The standard InChI is InChI=1S/C21H19N3O3S2/c1-14-8-15(2)10-17(9-14)24(6-3-5-22)19(25)11-27-21(26)18-13-29-20(23-18)16-4-7-28-12-16/h4,7-10,12-13H,3,6,11H2,1-2H3. The number of nitrogens with zero attached hydrogens (tertiary/aromatic N) is 3. The summed E-state index contributed by atoms with van der Waals surface area (Å²) >= 11 is 2.90. The van der Waals surface area contributed by atoms with Crippen LogP contribution in [0.5, 0.6) is 0 Å². The molecule has 0 saturated carbocycles. The molecule has 0 bridgehead atoms. The summed E-state index contributed by atoms with van der Waals surface area (Å²) in [6.45, 7) is 3.70. The minimum atomic E-state index is -0.642. The zero-order valence-electron chi connectivity index (χ0n) is 16.0. The van der Waals surface area contributed by atoms with Crippen molar-refractivity contribution in [2.24, 2.45) is 0 Å². The molecule has 0 aliphatic rings. The Hall–Kier alpha value is -3.02. The van der Waals surface area contributed by atoms with Gasteiger partial charge in [-0.05, 0) is 48.6 Å². The Balaban J connectivity index is 1.68. The third kappa shape index (κ3) is 5.28. The van der Waals surface area contributed by atoms with Crippen LogP contribution in [-0.4, -0.2) is 30.0 Å². The number of nitriles is 1. The molecule has 6 nitrogen and oxygen atoms in total. The van der Waals surface area contributed by atoms with Gasteiger partial charge in [0.15, 0.2) is 12.3 Å². The van der Waals surface area contributed by atoms with Crippen molar-refractivity contribution >= 4 is 40.2 Å². The summed E-state index contributed by atoms with van der Waals surface area (Å²) in [5, 5.41) is 15.2. The van der Waals surface area contributed by atoms with Crippen LogP contribution in [0, 0.1) is 25.2 Å². The van der Waals surface area contributed by atoms with Gasteiger partial charge in [-0.3, -0.25) is 4.79 Å². The molecule has 0 fully saturated rings. The lowest BCUT2D eigenvalue weighted by atomic mass is 10.1. The average Bonchev–Trinajstić information content (AvgIpc) is 3.37. The highest BCUT2D eigenvalue weighted by Crippen LogP contribution is 2.26. The lowest BCUT2D eigenvalue weighted by molar-refractivity contribution is -0.121. The molecule has 0 N–H and O–H groups in total. The third-order valence-electron chi connectivity index (χ3n) is 4.07. The van der Waals surface area contributed by atoms with Gasteiger partial charge < -0.3 is 9.64 Å². The van der Waals surface area contributed by atoms with Crippen molar-refractivity contribution in [2.45, 2.75) is 20.3 Å². The molecule has 2 aromatic heterocycles. The number of carbonyl (C=O) groups excluding carboxylic acids is 2. The van der Waals surface area contributed by atoms with Gasteiger partial charge in [-0.2, -0.15) is 16.6 Å². The maximum atomic E-state index is 12.7. The molecule has 3 aromatic rings. The molecule has 0 radical (unpaired) electrons. The number of hydrogen-bond acceptors (Lipinski definition) is 7. The molecule has 148 valence electrons. The van der Waals surface area contributed by atoms with Crippen LogP contribution in [0.1, 0.15) is 28.0 Å². The minimum Gasteiger partial charge on any atom is -0.451 e. The van der Waals surface area contributed by atoms with E-state index in [1.54, 1.807) is 16.7 Å². The molecule has 0 unspecified atom stereocenters. The largest absolute Gasteiger partial charge is 0.451 e. The van der Waals surface area contributed by atoms with Crippen LogP contribution in [0.4, 0.5) is 5.69 Å². The van der Waals surface area contributed by atoms with Crippen LogP contribution in [0.2, 0.25) is 0 Å². The summed E-state index contributed by atoms with van der Waals surface area (Å²) in [5.41, 5.74) is 3.84. The molecule has 3 rings (SSSR count). The van der Waals surface area contributed by atoms with Crippen LogP contribution in [-0.2, 0) is 9.53 Å². The zero-order chi connectivity index (χ0) is 20.8. The van der Waals surface area contributed by atoms with E-state index in [1.807, 2.05) is 54.9 Å². The van der Waals surface area contributed by atoms with Crippen LogP contribution >= 0.6 is 22.7 Å². The Labute approximate surface area is 177 Å². The fourth-order valence-electron chi connectivity index (χ4n) is 2.83. The van der Waals surface area contributed by atoms with Gasteiger partial charge in [-0.15, -0.1) is 11.3 Å². The number of aromatic nitrogens is 1. The average molecular weight is 426 g/mol. The molecule has 2 heterocycles. The number of hydrogen-bond donors (Lipinski definition) is 0. The van der Waals surface area contributed by atoms with E-state index in [4.69, 9.17) is 10.00 Å². The predicted molar refractivity (Wildman–Crippen MR) is 114 cm³/mol. The van der Waals surface area contributed by atoms with Crippen LogP contribution in [0.25, 0.3) is 10.6 Å². The fraction of sp³-hybridized carbons (Fsp3) is 0.238. The van der Waals surface area contributed by atoms with Crippen molar-refractivity contribution in [3.8, 4) is 16.6 Å². The Bertz CT molecular complexity index is 1030. The minimum absolute atomic E-state index is 0.180. The molecule has 0 aliphatic carbocycles. The first-order valence-corrected chi connectivity index (χ1v) is 10.7. The number of amides is 1. The summed E-state index contributed by atoms with van der Waals surface area (Å²) in [4.78, 5) is 30.8. The van der Waals surface area contributed by atoms with Gasteiger partial charge >= 0.3 is 5.97 Å². The monoisotopic (exact) mass is 425 g/mol. The van der Waals surface area contributed by atoms with Crippen LogP contribution < -0.4 is 4.90 Å². The molecule has 1 amide bonds. The predicted octanol–water partition coefficient (Wildman–Crippen LogP) is 4.59. The maximum Gasteiger partial charge on any atom is 0.358 e. The van der Waals surface area contributed by atoms with Crippen molar-refractivity contribution < 1.29 is 14.3 Å². The van der Waals surface area contributed by atoms with Gasteiger partial charge in [-0.25, -0.2) is 9.78 Å². The molecule has 0 atom stereocenters. The molecule has 1 aromatic carbocycles. The smallest absolute Gasteiger partial charge is 0.358 e. The van der Waals surface area contributed by atoms with E-state index >= 15 is 0 Å². The molecule has 8 heteroatoms. The van der Waals surface area contributed by atoms with E-state index in [0.29, 0.717) is 5.69 Å². The number of thiophene rings is 1. The van der Waals surface area contributed by atoms with E-state index in [2.05, 4.69) is 4.98 Å². The quantitative estimate of drug-likeness (QED) is 0.517. The number of benzene rings is 1. The SMILES string of the molecule is Cc1cc(C)cc(N(CCC#N)C(=O)COC(=O)c2csc(-c3ccsc3)n2)c1. The number of esters is 1. The number of anilines is 1. The molecular formula is C21H19N3O3S2. The van der Waals surface area contributed by atoms with E-state index in [-0.39, 0.29) is 24.6 Å². The Morgan fingerprint density at radius 3 is 2.62 bits per heavy atom. The zero-order valence-corrected chi connectivity index (χ0v) is 17.7. The second kappa shape index (κ2) is 9.45. The summed E-state index contributed by atoms with van der Waals surface area (Å²) in [7, 11) is 0. The number of rotatable bonds is 7. The van der Waals surface area contributed by atoms with E-state index < -0.39 is 12.6 Å². The molecule has 29 heavy (non-hydrogen) atoms. The Morgan fingerprint density at radius 2 is 1.97 bits per heavy atom. The van der Waals surface area contributed by atoms with Gasteiger partial charge in [0.25, 0.3) is 5.91 Å². The summed E-state index contributed by atoms with van der Waals surface area (Å²) in [5.74, 6) is -1.02. The normalized spacial score (nSPS) is 10.4. The molecular weight excluding hydrogens is 406 g/mol. The van der Waals surface area contributed by atoms with Gasteiger partial charge in [-0.1, -0.05) is 6.07 Å². The van der Waals surface area contributed by atoms with Gasteiger partial charge in [0.2, 0.25) is 0 Å². The van der Waals surface area contributed by atoms with Crippen molar-refractivity contribution in [2.75, 3.05) is 18.1 Å². The molecule has 0 aliphatic heterocycles. The first kappa shape index (κ1) is 20.7. The topological polar surface area (TPSA) is 83.3 Å². The lowest BCUT2D eigenvalue weighted by Crippen LogP contribution is -2.35. The van der Waals surface area contributed by atoms with E-state index in [1.165, 1.54) is 16.2 Å². The number of carbonyl (C=O) groups is 2. The second-order valence-corrected chi connectivity index (χ2v) is 8.06. The molecule has 0 saturated heterocycles. The van der Waals surface area contributed by atoms with Gasteiger partial charge in [0.1, 0.15) is 5.01 Å². The summed E-state index contributed by atoms with van der Waals surface area (Å²) in [6.07, 6.45) is 0.183. The first-order valence-electron chi connectivity index (χ1n) is 8.89.